The minimum atomic E-state index is -1.01. The summed E-state index contributed by atoms with van der Waals surface area (Å²) in [5, 5.41) is 13.8. The van der Waals surface area contributed by atoms with Gasteiger partial charge in [-0.15, -0.1) is 0 Å². The normalized spacial score (nSPS) is 12.0. The number of urea groups is 1. The highest BCUT2D eigenvalue weighted by molar-refractivity contribution is 7.84. The lowest BCUT2D eigenvalue weighted by atomic mass is 10.2. The van der Waals surface area contributed by atoms with Crippen molar-refractivity contribution in [2.45, 2.75) is 6.42 Å². The first-order chi connectivity index (χ1) is 9.97. The fourth-order valence-corrected chi connectivity index (χ4v) is 2.05. The van der Waals surface area contributed by atoms with Crippen LogP contribution in [0.5, 0.6) is 0 Å². The van der Waals surface area contributed by atoms with Crippen molar-refractivity contribution in [1.29, 1.82) is 0 Å². The Balaban J connectivity index is 2.39. The molecule has 0 aliphatic heterocycles. The average Bonchev–Trinajstić information content (AvgIpc) is 2.42. The van der Waals surface area contributed by atoms with Gasteiger partial charge in [0.2, 0.25) is 0 Å². The molecule has 0 spiro atoms. The van der Waals surface area contributed by atoms with Crippen molar-refractivity contribution in [1.82, 2.24) is 5.32 Å². The maximum atomic E-state index is 11.6. The van der Waals surface area contributed by atoms with Gasteiger partial charge >= 0.3 is 12.0 Å². The van der Waals surface area contributed by atoms with Crippen LogP contribution < -0.4 is 10.6 Å². The predicted octanol–water partition coefficient (Wildman–Crippen LogP) is 1.67. The third-order valence-electron chi connectivity index (χ3n) is 2.48. The highest BCUT2D eigenvalue weighted by Crippen LogP contribution is 2.10. The number of nitrogens with one attached hydrogen (secondary N) is 2. The lowest BCUT2D eigenvalue weighted by Crippen LogP contribution is -2.30. The number of rotatable bonds is 7. The van der Waals surface area contributed by atoms with Crippen molar-refractivity contribution in [2.24, 2.45) is 0 Å². The van der Waals surface area contributed by atoms with E-state index < -0.39 is 16.8 Å². The molecule has 7 heteroatoms. The SMILES string of the molecule is CS(=O)CCCNC(=O)Nc1ccc(/C=C/C(=O)O)cc1. The van der Waals surface area contributed by atoms with E-state index >= 15 is 0 Å². The van der Waals surface area contributed by atoms with Crippen molar-refractivity contribution < 1.29 is 18.9 Å². The van der Waals surface area contributed by atoms with Crippen molar-refractivity contribution in [2.75, 3.05) is 23.9 Å². The summed E-state index contributed by atoms with van der Waals surface area (Å²) in [6.45, 7) is 0.463. The number of carboxylic acids is 1. The van der Waals surface area contributed by atoms with Crippen LogP contribution in [0.4, 0.5) is 10.5 Å². The molecule has 0 bridgehead atoms. The number of hydrogen-bond acceptors (Lipinski definition) is 3. The van der Waals surface area contributed by atoms with Gasteiger partial charge in [0.1, 0.15) is 0 Å². The van der Waals surface area contributed by atoms with Crippen molar-refractivity contribution >= 4 is 34.6 Å². The minimum absolute atomic E-state index is 0.328. The zero-order valence-electron chi connectivity index (χ0n) is 11.7. The molecule has 1 unspecified atom stereocenters. The van der Waals surface area contributed by atoms with E-state index in [2.05, 4.69) is 10.6 Å². The fraction of sp³-hybridized carbons (Fsp3) is 0.286. The molecule has 0 saturated carbocycles. The summed E-state index contributed by atoms with van der Waals surface area (Å²) >= 11 is 0. The Morgan fingerprint density at radius 3 is 2.52 bits per heavy atom. The van der Waals surface area contributed by atoms with Crippen LogP contribution in [0.1, 0.15) is 12.0 Å². The third-order valence-corrected chi connectivity index (χ3v) is 3.34. The van der Waals surface area contributed by atoms with Gasteiger partial charge in [0.15, 0.2) is 0 Å². The molecule has 21 heavy (non-hydrogen) atoms. The molecule has 0 saturated heterocycles. The second kappa shape index (κ2) is 8.91. The van der Waals surface area contributed by atoms with Gasteiger partial charge in [0.05, 0.1) is 0 Å². The zero-order valence-corrected chi connectivity index (χ0v) is 12.5. The van der Waals surface area contributed by atoms with Crippen molar-refractivity contribution in [3.63, 3.8) is 0 Å². The molecule has 0 aromatic heterocycles. The summed E-state index contributed by atoms with van der Waals surface area (Å²) in [7, 11) is -0.846. The molecule has 0 aliphatic carbocycles. The van der Waals surface area contributed by atoms with Gasteiger partial charge in [0, 0.05) is 41.1 Å². The molecule has 1 rings (SSSR count). The molecule has 1 aromatic rings. The average molecular weight is 310 g/mol. The molecule has 1 atom stereocenters. The number of carboxylic acid groups (broad SMARTS) is 1. The number of carbonyl (C=O) groups excluding carboxylic acids is 1. The highest BCUT2D eigenvalue weighted by Gasteiger charge is 2.01. The van der Waals surface area contributed by atoms with E-state index in [0.29, 0.717) is 24.4 Å². The van der Waals surface area contributed by atoms with Crippen LogP contribution in [0.3, 0.4) is 0 Å². The molecule has 0 radical (unpaired) electrons. The first-order valence-electron chi connectivity index (χ1n) is 6.33. The van der Waals surface area contributed by atoms with Crippen LogP contribution in [0.25, 0.3) is 6.08 Å². The molecule has 2 amide bonds. The topological polar surface area (TPSA) is 95.5 Å². The van der Waals surface area contributed by atoms with Crippen LogP contribution >= 0.6 is 0 Å². The molecular formula is C14H18N2O4S. The summed E-state index contributed by atoms with van der Waals surface area (Å²) < 4.78 is 10.8. The predicted molar refractivity (Wildman–Crippen MR) is 83.7 cm³/mol. The zero-order chi connectivity index (χ0) is 15.7. The van der Waals surface area contributed by atoms with Crippen molar-refractivity contribution in [3.8, 4) is 0 Å². The Labute approximate surface area is 125 Å². The Hall–Kier alpha value is -2.15. The van der Waals surface area contributed by atoms with Gasteiger partial charge in [0.25, 0.3) is 0 Å². The Bertz CT molecular complexity index is 540. The molecule has 1 aromatic carbocycles. The van der Waals surface area contributed by atoms with E-state index in [9.17, 15) is 13.8 Å². The third kappa shape index (κ3) is 7.88. The molecule has 3 N–H and O–H groups in total. The van der Waals surface area contributed by atoms with Crippen molar-refractivity contribution in [3.05, 3.63) is 35.9 Å². The summed E-state index contributed by atoms with van der Waals surface area (Å²) in [5.41, 5.74) is 1.34. The smallest absolute Gasteiger partial charge is 0.328 e. The molecule has 6 nitrogen and oxygen atoms in total. The Morgan fingerprint density at radius 1 is 1.29 bits per heavy atom. The van der Waals surface area contributed by atoms with E-state index in [1.807, 2.05) is 0 Å². The second-order valence-electron chi connectivity index (χ2n) is 4.31. The maximum absolute atomic E-state index is 11.6. The fourth-order valence-electron chi connectivity index (χ4n) is 1.50. The summed E-state index contributed by atoms with van der Waals surface area (Å²) in [5.74, 6) is -0.449. The standard InChI is InChI=1S/C14H18N2O4S/c1-21(20)10-2-9-15-14(19)16-12-6-3-11(4-7-12)5-8-13(17)18/h3-8H,2,9-10H2,1H3,(H,17,18)(H2,15,16,19)/b8-5+. The quantitative estimate of drug-likeness (QED) is 0.527. The van der Waals surface area contributed by atoms with Crippen LogP contribution in [-0.2, 0) is 15.6 Å². The van der Waals surface area contributed by atoms with Gasteiger partial charge in [-0.2, -0.15) is 0 Å². The summed E-state index contributed by atoms with van der Waals surface area (Å²) in [4.78, 5) is 21.9. The number of anilines is 1. The lowest BCUT2D eigenvalue weighted by molar-refractivity contribution is -0.131. The number of amides is 2. The molecule has 0 aliphatic rings. The number of carbonyl (C=O) groups is 2. The van der Waals surface area contributed by atoms with Gasteiger partial charge in [-0.1, -0.05) is 12.1 Å². The van der Waals surface area contributed by atoms with Gasteiger partial charge in [-0.05, 0) is 30.2 Å². The van der Waals surface area contributed by atoms with Crippen LogP contribution in [-0.4, -0.2) is 39.9 Å². The molecule has 0 fully saturated rings. The van der Waals surface area contributed by atoms with E-state index in [0.717, 1.165) is 11.6 Å². The first kappa shape index (κ1) is 16.9. The Morgan fingerprint density at radius 2 is 1.95 bits per heavy atom. The number of aliphatic carboxylic acids is 1. The molecular weight excluding hydrogens is 292 g/mol. The van der Waals surface area contributed by atoms with E-state index in [-0.39, 0.29) is 6.03 Å². The van der Waals surface area contributed by atoms with E-state index in [1.54, 1.807) is 30.5 Å². The first-order valence-corrected chi connectivity index (χ1v) is 8.06. The summed E-state index contributed by atoms with van der Waals surface area (Å²) in [6, 6.07) is 6.44. The summed E-state index contributed by atoms with van der Waals surface area (Å²) in [6.07, 6.45) is 4.81. The number of hydrogen-bond donors (Lipinski definition) is 3. The molecule has 114 valence electrons. The monoisotopic (exact) mass is 310 g/mol. The largest absolute Gasteiger partial charge is 0.478 e. The van der Waals surface area contributed by atoms with Gasteiger partial charge in [-0.25, -0.2) is 9.59 Å². The van der Waals surface area contributed by atoms with Gasteiger partial charge < -0.3 is 15.7 Å². The highest BCUT2D eigenvalue weighted by atomic mass is 32.2. The Kier molecular flexibility index (Phi) is 7.17. The van der Waals surface area contributed by atoms with E-state index in [1.165, 1.54) is 6.08 Å². The van der Waals surface area contributed by atoms with Crippen LogP contribution in [0, 0.1) is 0 Å². The number of benzene rings is 1. The van der Waals surface area contributed by atoms with E-state index in [4.69, 9.17) is 5.11 Å². The minimum Gasteiger partial charge on any atom is -0.478 e. The molecule has 0 heterocycles. The van der Waals surface area contributed by atoms with Crippen LogP contribution in [0.2, 0.25) is 0 Å². The maximum Gasteiger partial charge on any atom is 0.328 e. The second-order valence-corrected chi connectivity index (χ2v) is 5.86. The lowest BCUT2D eigenvalue weighted by Gasteiger charge is -2.07. The van der Waals surface area contributed by atoms with Crippen LogP contribution in [0.15, 0.2) is 30.3 Å². The van der Waals surface area contributed by atoms with Gasteiger partial charge in [-0.3, -0.25) is 4.21 Å².